The van der Waals surface area contributed by atoms with E-state index in [9.17, 15) is 0 Å². The van der Waals surface area contributed by atoms with Gasteiger partial charge in [-0.1, -0.05) is 52.5 Å². The zero-order valence-corrected chi connectivity index (χ0v) is 14.5. The van der Waals surface area contributed by atoms with E-state index in [0.29, 0.717) is 37.4 Å². The number of aromatic nitrogens is 2. The summed E-state index contributed by atoms with van der Waals surface area (Å²) in [6.45, 7) is 0. The van der Waals surface area contributed by atoms with E-state index in [1.54, 1.807) is 42.6 Å². The molecule has 0 spiro atoms. The van der Waals surface area contributed by atoms with Gasteiger partial charge in [0.25, 0.3) is 0 Å². The maximum absolute atomic E-state index is 6.14. The zero-order valence-electron chi connectivity index (χ0n) is 11.5. The molecule has 0 fully saturated rings. The van der Waals surface area contributed by atoms with E-state index in [1.807, 2.05) is 6.07 Å². The molecule has 1 heterocycles. The fourth-order valence-corrected chi connectivity index (χ4v) is 2.70. The van der Waals surface area contributed by atoms with E-state index in [4.69, 9.17) is 46.4 Å². The largest absolute Gasteiger partial charge is 0.323 e. The molecule has 1 aromatic heterocycles. The van der Waals surface area contributed by atoms with Gasteiger partial charge in [0.1, 0.15) is 0 Å². The first-order valence-corrected chi connectivity index (χ1v) is 8.04. The topological polar surface area (TPSA) is 37.8 Å². The van der Waals surface area contributed by atoms with Crippen molar-refractivity contribution < 1.29 is 0 Å². The molecule has 0 saturated carbocycles. The molecule has 0 aliphatic rings. The van der Waals surface area contributed by atoms with Crippen molar-refractivity contribution in [1.82, 2.24) is 9.97 Å². The fraction of sp³-hybridized carbons (Fsp3) is 0. The van der Waals surface area contributed by atoms with Crippen molar-refractivity contribution in [3.8, 4) is 11.3 Å². The van der Waals surface area contributed by atoms with Crippen LogP contribution in [-0.4, -0.2) is 9.97 Å². The zero-order chi connectivity index (χ0) is 16.4. The van der Waals surface area contributed by atoms with E-state index < -0.39 is 0 Å². The maximum Gasteiger partial charge on any atom is 0.227 e. The molecular formula is C16H9Cl4N3. The first-order chi connectivity index (χ1) is 11.0. The highest BCUT2D eigenvalue weighted by molar-refractivity contribution is 6.42. The number of hydrogen-bond acceptors (Lipinski definition) is 3. The van der Waals surface area contributed by atoms with Gasteiger partial charge in [-0.25, -0.2) is 9.97 Å². The molecule has 0 radical (unpaired) electrons. The van der Waals surface area contributed by atoms with Gasteiger partial charge in [0.2, 0.25) is 5.95 Å². The number of anilines is 2. The molecule has 0 aliphatic heterocycles. The molecule has 2 aromatic carbocycles. The van der Waals surface area contributed by atoms with E-state index in [2.05, 4.69) is 15.3 Å². The number of halogens is 4. The van der Waals surface area contributed by atoms with E-state index in [1.165, 1.54) is 0 Å². The van der Waals surface area contributed by atoms with Crippen molar-refractivity contribution in [3.05, 3.63) is 68.8 Å². The maximum atomic E-state index is 6.14. The fourth-order valence-electron chi connectivity index (χ4n) is 1.95. The Morgan fingerprint density at radius 2 is 1.61 bits per heavy atom. The summed E-state index contributed by atoms with van der Waals surface area (Å²) in [5.74, 6) is 0.415. The lowest BCUT2D eigenvalue weighted by molar-refractivity contribution is 1.17. The summed E-state index contributed by atoms with van der Waals surface area (Å²) >= 11 is 24.0. The van der Waals surface area contributed by atoms with Crippen molar-refractivity contribution in [2.24, 2.45) is 0 Å². The van der Waals surface area contributed by atoms with Gasteiger partial charge in [-0.15, -0.1) is 0 Å². The Hall–Kier alpha value is -1.52. The third-order valence-corrected chi connectivity index (χ3v) is 4.34. The molecule has 3 nitrogen and oxygen atoms in total. The number of nitrogens with one attached hydrogen (secondary N) is 1. The predicted octanol–water partition coefficient (Wildman–Crippen LogP) is 6.50. The monoisotopic (exact) mass is 383 g/mol. The Balaban J connectivity index is 1.91. The Morgan fingerprint density at radius 1 is 0.783 bits per heavy atom. The molecule has 116 valence electrons. The van der Waals surface area contributed by atoms with Crippen molar-refractivity contribution in [2.45, 2.75) is 0 Å². The first kappa shape index (κ1) is 16.3. The molecular weight excluding hydrogens is 376 g/mol. The number of nitrogens with zero attached hydrogens (tertiary/aromatic N) is 2. The van der Waals surface area contributed by atoms with E-state index in [-0.39, 0.29) is 0 Å². The van der Waals surface area contributed by atoms with Gasteiger partial charge in [-0.2, -0.15) is 0 Å². The Kier molecular flexibility index (Phi) is 4.93. The lowest BCUT2D eigenvalue weighted by Gasteiger charge is -2.09. The molecule has 0 saturated heterocycles. The lowest BCUT2D eigenvalue weighted by Crippen LogP contribution is -1.98. The van der Waals surface area contributed by atoms with Crippen molar-refractivity contribution in [2.75, 3.05) is 5.32 Å². The third-order valence-electron chi connectivity index (χ3n) is 3.05. The van der Waals surface area contributed by atoms with Crippen LogP contribution in [0.5, 0.6) is 0 Å². The second-order valence-corrected chi connectivity index (χ2v) is 6.30. The molecule has 0 atom stereocenters. The molecule has 1 N–H and O–H groups in total. The van der Waals surface area contributed by atoms with Gasteiger partial charge in [0, 0.05) is 16.8 Å². The third kappa shape index (κ3) is 3.88. The summed E-state index contributed by atoms with van der Waals surface area (Å²) in [6.07, 6.45) is 1.65. The minimum atomic E-state index is 0.415. The van der Waals surface area contributed by atoms with Crippen molar-refractivity contribution in [3.63, 3.8) is 0 Å². The van der Waals surface area contributed by atoms with Gasteiger partial charge in [-0.05, 0) is 36.4 Å². The molecule has 3 aromatic rings. The van der Waals surface area contributed by atoms with Gasteiger partial charge < -0.3 is 5.32 Å². The highest BCUT2D eigenvalue weighted by Crippen LogP contribution is 2.29. The van der Waals surface area contributed by atoms with Gasteiger partial charge in [0.05, 0.1) is 26.4 Å². The SMILES string of the molecule is Clc1ccc(Nc2nccc(-c3ccc(Cl)c(Cl)c3)n2)c(Cl)c1. The van der Waals surface area contributed by atoms with Crippen LogP contribution in [0.15, 0.2) is 48.7 Å². The van der Waals surface area contributed by atoms with Crippen LogP contribution in [0.4, 0.5) is 11.6 Å². The normalized spacial score (nSPS) is 10.6. The van der Waals surface area contributed by atoms with Gasteiger partial charge in [0.15, 0.2) is 0 Å². The molecule has 0 aliphatic carbocycles. The Labute approximate surface area is 153 Å². The summed E-state index contributed by atoms with van der Waals surface area (Å²) in [5, 5.41) is 5.08. The standard InChI is InChI=1S/C16H9Cl4N3/c17-10-2-4-15(13(20)8-10)23-16-21-6-5-14(22-16)9-1-3-11(18)12(19)7-9/h1-8H,(H,21,22,23). The minimum Gasteiger partial charge on any atom is -0.323 e. The van der Waals surface area contributed by atoms with E-state index in [0.717, 1.165) is 5.56 Å². The smallest absolute Gasteiger partial charge is 0.227 e. The van der Waals surface area contributed by atoms with Gasteiger partial charge >= 0.3 is 0 Å². The summed E-state index contributed by atoms with van der Waals surface area (Å²) in [7, 11) is 0. The summed E-state index contributed by atoms with van der Waals surface area (Å²) in [4.78, 5) is 8.65. The van der Waals surface area contributed by atoms with E-state index >= 15 is 0 Å². The molecule has 23 heavy (non-hydrogen) atoms. The van der Waals surface area contributed by atoms with Crippen LogP contribution >= 0.6 is 46.4 Å². The van der Waals surface area contributed by atoms with Gasteiger partial charge in [-0.3, -0.25) is 0 Å². The van der Waals surface area contributed by atoms with Crippen LogP contribution in [0, 0.1) is 0 Å². The van der Waals surface area contributed by atoms with Crippen molar-refractivity contribution in [1.29, 1.82) is 0 Å². The Morgan fingerprint density at radius 3 is 2.35 bits per heavy atom. The lowest BCUT2D eigenvalue weighted by atomic mass is 10.1. The van der Waals surface area contributed by atoms with Crippen LogP contribution in [0.2, 0.25) is 20.1 Å². The summed E-state index contributed by atoms with van der Waals surface area (Å²) in [6, 6.07) is 12.3. The second kappa shape index (κ2) is 6.93. The predicted molar refractivity (Wildman–Crippen MR) is 97.2 cm³/mol. The highest BCUT2D eigenvalue weighted by Gasteiger charge is 2.07. The highest BCUT2D eigenvalue weighted by atomic mass is 35.5. The number of hydrogen-bond donors (Lipinski definition) is 1. The van der Waals surface area contributed by atoms with Crippen LogP contribution in [0.3, 0.4) is 0 Å². The minimum absolute atomic E-state index is 0.415. The molecule has 0 bridgehead atoms. The second-order valence-electron chi connectivity index (χ2n) is 4.64. The van der Waals surface area contributed by atoms with Crippen LogP contribution in [0.25, 0.3) is 11.3 Å². The van der Waals surface area contributed by atoms with Crippen molar-refractivity contribution >= 4 is 58.0 Å². The quantitative estimate of drug-likeness (QED) is 0.559. The van der Waals surface area contributed by atoms with Crippen LogP contribution in [-0.2, 0) is 0 Å². The molecule has 3 rings (SSSR count). The summed E-state index contributed by atoms with van der Waals surface area (Å²) < 4.78 is 0. The first-order valence-electron chi connectivity index (χ1n) is 6.53. The molecule has 0 unspecified atom stereocenters. The summed E-state index contributed by atoms with van der Waals surface area (Å²) in [5.41, 5.74) is 2.22. The number of benzene rings is 2. The molecule has 0 amide bonds. The average Bonchev–Trinajstić information content (AvgIpc) is 2.53. The average molecular weight is 385 g/mol. The number of rotatable bonds is 3. The van der Waals surface area contributed by atoms with Crippen LogP contribution < -0.4 is 5.32 Å². The van der Waals surface area contributed by atoms with Crippen LogP contribution in [0.1, 0.15) is 0 Å². The molecule has 7 heteroatoms. The Bertz CT molecular complexity index is 868.